The van der Waals surface area contributed by atoms with Gasteiger partial charge in [0.1, 0.15) is 0 Å². The number of nitrogens with one attached hydrogen (secondary N) is 2. The molecule has 0 saturated heterocycles. The molecule has 0 unspecified atom stereocenters. The predicted octanol–water partition coefficient (Wildman–Crippen LogP) is 2.04. The Hall–Kier alpha value is -1.56. The van der Waals surface area contributed by atoms with E-state index in [1.54, 1.807) is 6.92 Å². The number of hydrogen-bond acceptors (Lipinski definition) is 3. The van der Waals surface area contributed by atoms with Crippen molar-refractivity contribution in [2.24, 2.45) is 0 Å². The van der Waals surface area contributed by atoms with Crippen LogP contribution in [0.15, 0.2) is 24.3 Å². The monoisotopic (exact) mass is 312 g/mol. The molecule has 0 aliphatic rings. The molecule has 2 amide bonds. The van der Waals surface area contributed by atoms with E-state index in [0.717, 1.165) is 12.0 Å². The number of hydrogen-bond donors (Lipinski definition) is 2. The van der Waals surface area contributed by atoms with Crippen LogP contribution in [0.3, 0.4) is 0 Å². The molecule has 0 heterocycles. The number of rotatable bonds is 7. The molecule has 1 aromatic carbocycles. The quantitative estimate of drug-likeness (QED) is 0.809. The lowest BCUT2D eigenvalue weighted by molar-refractivity contribution is 0.238. The van der Waals surface area contributed by atoms with Gasteiger partial charge in [-0.05, 0) is 24.5 Å². The third kappa shape index (κ3) is 6.16. The fourth-order valence-electron chi connectivity index (χ4n) is 1.84. The predicted molar refractivity (Wildman–Crippen MR) is 85.1 cm³/mol. The van der Waals surface area contributed by atoms with Gasteiger partial charge in [-0.1, -0.05) is 38.1 Å². The minimum absolute atomic E-state index is 0.0313. The first-order valence-electron chi connectivity index (χ1n) is 7.21. The Kier molecular flexibility index (Phi) is 6.68. The zero-order valence-electron chi connectivity index (χ0n) is 12.8. The standard InChI is InChI=1S/C15H24N2O3S/c1-4-13-6-8-14(9-7-13)12(3)17-15(18)16-10-11-21(19,20)5-2/h6-9,12H,4-5,10-11H2,1-3H3,(H2,16,17,18)/t12-/m0/s1. The van der Waals surface area contributed by atoms with Gasteiger partial charge in [-0.3, -0.25) is 0 Å². The van der Waals surface area contributed by atoms with Crippen LogP contribution in [-0.2, 0) is 16.3 Å². The van der Waals surface area contributed by atoms with Crippen LogP contribution >= 0.6 is 0 Å². The maximum atomic E-state index is 11.7. The Labute approximate surface area is 127 Å². The van der Waals surface area contributed by atoms with Crippen molar-refractivity contribution < 1.29 is 13.2 Å². The van der Waals surface area contributed by atoms with E-state index >= 15 is 0 Å². The van der Waals surface area contributed by atoms with E-state index in [-0.39, 0.29) is 30.1 Å². The number of amides is 2. The van der Waals surface area contributed by atoms with E-state index in [1.807, 2.05) is 31.2 Å². The first-order chi connectivity index (χ1) is 9.88. The minimum atomic E-state index is -3.05. The molecular formula is C15H24N2O3S. The first kappa shape index (κ1) is 17.5. The molecule has 5 nitrogen and oxygen atoms in total. The molecular weight excluding hydrogens is 288 g/mol. The highest BCUT2D eigenvalue weighted by atomic mass is 32.2. The highest BCUT2D eigenvalue weighted by molar-refractivity contribution is 7.91. The third-order valence-electron chi connectivity index (χ3n) is 3.37. The summed E-state index contributed by atoms with van der Waals surface area (Å²) in [5.74, 6) is 0.0625. The Morgan fingerprint density at radius 3 is 2.33 bits per heavy atom. The average Bonchev–Trinajstić information content (AvgIpc) is 2.47. The fourth-order valence-corrected chi connectivity index (χ4v) is 2.54. The summed E-state index contributed by atoms with van der Waals surface area (Å²) in [6, 6.07) is 7.59. The Morgan fingerprint density at radius 1 is 1.19 bits per heavy atom. The van der Waals surface area contributed by atoms with Gasteiger partial charge >= 0.3 is 6.03 Å². The van der Waals surface area contributed by atoms with Crippen molar-refractivity contribution in [3.05, 3.63) is 35.4 Å². The zero-order valence-corrected chi connectivity index (χ0v) is 13.7. The summed E-state index contributed by atoms with van der Waals surface area (Å²) in [5.41, 5.74) is 2.27. The smallest absolute Gasteiger partial charge is 0.315 e. The van der Waals surface area contributed by atoms with Crippen molar-refractivity contribution in [3.8, 4) is 0 Å². The van der Waals surface area contributed by atoms with Gasteiger partial charge in [-0.15, -0.1) is 0 Å². The molecule has 2 N–H and O–H groups in total. The van der Waals surface area contributed by atoms with Crippen LogP contribution in [0.25, 0.3) is 0 Å². The molecule has 0 saturated carbocycles. The van der Waals surface area contributed by atoms with Crippen molar-refractivity contribution in [1.82, 2.24) is 10.6 Å². The number of benzene rings is 1. The second-order valence-electron chi connectivity index (χ2n) is 4.95. The van der Waals surface area contributed by atoms with Crippen LogP contribution in [0.5, 0.6) is 0 Å². The number of carbonyl (C=O) groups excluding carboxylic acids is 1. The lowest BCUT2D eigenvalue weighted by Gasteiger charge is -2.15. The summed E-state index contributed by atoms with van der Waals surface area (Å²) in [5, 5.41) is 5.36. The lowest BCUT2D eigenvalue weighted by atomic mass is 10.1. The van der Waals surface area contributed by atoms with Crippen molar-refractivity contribution in [2.45, 2.75) is 33.2 Å². The second-order valence-corrected chi connectivity index (χ2v) is 7.43. The van der Waals surface area contributed by atoms with E-state index in [0.29, 0.717) is 0 Å². The van der Waals surface area contributed by atoms with Crippen LogP contribution in [0.1, 0.15) is 37.9 Å². The molecule has 0 radical (unpaired) electrons. The lowest BCUT2D eigenvalue weighted by Crippen LogP contribution is -2.39. The highest BCUT2D eigenvalue weighted by Gasteiger charge is 2.11. The molecule has 1 rings (SSSR count). The van der Waals surface area contributed by atoms with Crippen molar-refractivity contribution in [1.29, 1.82) is 0 Å². The zero-order chi connectivity index (χ0) is 15.9. The fraction of sp³-hybridized carbons (Fsp3) is 0.533. The SMILES string of the molecule is CCc1ccc([C@H](C)NC(=O)NCCS(=O)(=O)CC)cc1. The third-order valence-corrected chi connectivity index (χ3v) is 5.08. The largest absolute Gasteiger partial charge is 0.337 e. The summed E-state index contributed by atoms with van der Waals surface area (Å²) in [4.78, 5) is 11.7. The van der Waals surface area contributed by atoms with Crippen LogP contribution in [0, 0.1) is 0 Å². The molecule has 1 atom stereocenters. The summed E-state index contributed by atoms with van der Waals surface area (Å²) >= 11 is 0. The van der Waals surface area contributed by atoms with Gasteiger partial charge in [0.25, 0.3) is 0 Å². The van der Waals surface area contributed by atoms with Crippen LogP contribution in [0.4, 0.5) is 4.79 Å². The number of aryl methyl sites for hydroxylation is 1. The maximum Gasteiger partial charge on any atom is 0.315 e. The van der Waals surface area contributed by atoms with Gasteiger partial charge < -0.3 is 10.6 Å². The molecule has 6 heteroatoms. The van der Waals surface area contributed by atoms with E-state index in [2.05, 4.69) is 17.6 Å². The number of sulfone groups is 1. The van der Waals surface area contributed by atoms with Crippen molar-refractivity contribution in [2.75, 3.05) is 18.1 Å². The highest BCUT2D eigenvalue weighted by Crippen LogP contribution is 2.13. The Balaban J connectivity index is 2.43. The second kappa shape index (κ2) is 8.02. The van der Waals surface area contributed by atoms with Gasteiger partial charge in [0.2, 0.25) is 0 Å². The van der Waals surface area contributed by atoms with Crippen LogP contribution < -0.4 is 10.6 Å². The van der Waals surface area contributed by atoms with Crippen LogP contribution in [-0.4, -0.2) is 32.5 Å². The Bertz CT molecular complexity index is 553. The summed E-state index contributed by atoms with van der Waals surface area (Å²) < 4.78 is 22.6. The van der Waals surface area contributed by atoms with Crippen LogP contribution in [0.2, 0.25) is 0 Å². The summed E-state index contributed by atoms with van der Waals surface area (Å²) in [7, 11) is -3.05. The van der Waals surface area contributed by atoms with Crippen molar-refractivity contribution >= 4 is 15.9 Å². The molecule has 0 bridgehead atoms. The molecule has 0 aromatic heterocycles. The van der Waals surface area contributed by atoms with E-state index in [1.165, 1.54) is 5.56 Å². The molecule has 0 spiro atoms. The van der Waals surface area contributed by atoms with Gasteiger partial charge in [0, 0.05) is 12.3 Å². The molecule has 0 aliphatic carbocycles. The van der Waals surface area contributed by atoms with Gasteiger partial charge in [0.15, 0.2) is 9.84 Å². The minimum Gasteiger partial charge on any atom is -0.337 e. The molecule has 0 aliphatic heterocycles. The topological polar surface area (TPSA) is 75.3 Å². The van der Waals surface area contributed by atoms with E-state index in [9.17, 15) is 13.2 Å². The number of urea groups is 1. The summed E-state index contributed by atoms with van der Waals surface area (Å²) in [6.07, 6.45) is 0.981. The molecule has 1 aromatic rings. The van der Waals surface area contributed by atoms with Gasteiger partial charge in [-0.2, -0.15) is 0 Å². The van der Waals surface area contributed by atoms with Gasteiger partial charge in [-0.25, -0.2) is 13.2 Å². The van der Waals surface area contributed by atoms with Crippen molar-refractivity contribution in [3.63, 3.8) is 0 Å². The Morgan fingerprint density at radius 2 is 1.81 bits per heavy atom. The normalized spacial score (nSPS) is 12.7. The molecule has 21 heavy (non-hydrogen) atoms. The molecule has 0 fully saturated rings. The molecule has 118 valence electrons. The number of carbonyl (C=O) groups is 1. The first-order valence-corrected chi connectivity index (χ1v) is 9.03. The maximum absolute atomic E-state index is 11.7. The van der Waals surface area contributed by atoms with Gasteiger partial charge in [0.05, 0.1) is 11.8 Å². The summed E-state index contributed by atoms with van der Waals surface area (Å²) in [6.45, 7) is 5.71. The van der Waals surface area contributed by atoms with E-state index < -0.39 is 9.84 Å². The van der Waals surface area contributed by atoms with E-state index in [4.69, 9.17) is 0 Å². The average molecular weight is 312 g/mol.